The van der Waals surface area contributed by atoms with E-state index in [0.29, 0.717) is 18.1 Å². The van der Waals surface area contributed by atoms with Crippen molar-refractivity contribution in [3.63, 3.8) is 0 Å². The molecular formula is C14H23N3O3. The lowest BCUT2D eigenvalue weighted by Gasteiger charge is -2.20. The predicted molar refractivity (Wildman–Crippen MR) is 76.3 cm³/mol. The molecule has 2 amide bonds. The summed E-state index contributed by atoms with van der Waals surface area (Å²) in [5, 5.41) is 6.30. The molecule has 20 heavy (non-hydrogen) atoms. The minimum absolute atomic E-state index is 0.0490. The van der Waals surface area contributed by atoms with Crippen molar-refractivity contribution in [1.29, 1.82) is 0 Å². The highest BCUT2D eigenvalue weighted by Gasteiger charge is 2.14. The molecule has 0 unspecified atom stereocenters. The van der Waals surface area contributed by atoms with Gasteiger partial charge in [-0.3, -0.25) is 9.59 Å². The Kier molecular flexibility index (Phi) is 6.76. The summed E-state index contributed by atoms with van der Waals surface area (Å²) >= 11 is 0. The Bertz CT molecular complexity index is 443. The van der Waals surface area contributed by atoms with Gasteiger partial charge in [0, 0.05) is 19.5 Å². The molecule has 0 aliphatic carbocycles. The van der Waals surface area contributed by atoms with Crippen molar-refractivity contribution in [1.82, 2.24) is 10.1 Å². The van der Waals surface area contributed by atoms with Gasteiger partial charge in [0.25, 0.3) is 0 Å². The Morgan fingerprint density at radius 1 is 1.35 bits per heavy atom. The van der Waals surface area contributed by atoms with Crippen molar-refractivity contribution in [2.75, 3.05) is 18.4 Å². The molecular weight excluding hydrogens is 258 g/mol. The van der Waals surface area contributed by atoms with Crippen LogP contribution in [0.2, 0.25) is 0 Å². The minimum Gasteiger partial charge on any atom is -0.360 e. The van der Waals surface area contributed by atoms with Gasteiger partial charge in [-0.15, -0.1) is 0 Å². The van der Waals surface area contributed by atoms with Crippen LogP contribution in [0.15, 0.2) is 10.6 Å². The van der Waals surface area contributed by atoms with Crippen LogP contribution < -0.4 is 5.32 Å². The number of rotatable bonds is 8. The number of unbranched alkanes of at least 4 members (excludes halogenated alkanes) is 3. The SMILES string of the molecule is CCCCCCN(CC(=O)Nc1cc(C)on1)C(C)=O. The van der Waals surface area contributed by atoms with Crippen molar-refractivity contribution in [3.8, 4) is 0 Å². The maximum atomic E-state index is 11.8. The van der Waals surface area contributed by atoms with Crippen LogP contribution in [0.25, 0.3) is 0 Å². The number of amides is 2. The molecule has 112 valence electrons. The summed E-state index contributed by atoms with van der Waals surface area (Å²) in [4.78, 5) is 24.9. The Morgan fingerprint density at radius 3 is 2.65 bits per heavy atom. The molecule has 0 atom stereocenters. The van der Waals surface area contributed by atoms with Gasteiger partial charge in [-0.1, -0.05) is 31.3 Å². The average molecular weight is 281 g/mol. The zero-order valence-corrected chi connectivity index (χ0v) is 12.4. The topological polar surface area (TPSA) is 75.4 Å². The monoisotopic (exact) mass is 281 g/mol. The normalized spacial score (nSPS) is 10.3. The molecule has 1 N–H and O–H groups in total. The molecule has 0 aliphatic rings. The molecule has 1 aromatic rings. The standard InChI is InChI=1S/C14H23N3O3/c1-4-5-6-7-8-17(12(3)18)10-14(19)15-13-9-11(2)20-16-13/h9H,4-8,10H2,1-3H3,(H,15,16,19). The van der Waals surface area contributed by atoms with Gasteiger partial charge in [-0.05, 0) is 13.3 Å². The second-order valence-electron chi connectivity index (χ2n) is 4.87. The molecule has 0 radical (unpaired) electrons. The number of nitrogens with one attached hydrogen (secondary N) is 1. The van der Waals surface area contributed by atoms with Crippen molar-refractivity contribution < 1.29 is 14.1 Å². The first-order valence-corrected chi connectivity index (χ1v) is 7.01. The summed E-state index contributed by atoms with van der Waals surface area (Å²) in [5.41, 5.74) is 0. The Balaban J connectivity index is 2.40. The molecule has 0 saturated heterocycles. The summed E-state index contributed by atoms with van der Waals surface area (Å²) in [6.07, 6.45) is 4.29. The van der Waals surface area contributed by atoms with E-state index < -0.39 is 0 Å². The van der Waals surface area contributed by atoms with Gasteiger partial charge < -0.3 is 14.7 Å². The fourth-order valence-corrected chi connectivity index (χ4v) is 1.86. The second kappa shape index (κ2) is 8.35. The van der Waals surface area contributed by atoms with Crippen molar-refractivity contribution >= 4 is 17.6 Å². The van der Waals surface area contributed by atoms with E-state index >= 15 is 0 Å². The Hall–Kier alpha value is -1.85. The molecule has 1 rings (SSSR count). The molecule has 1 aromatic heterocycles. The second-order valence-corrected chi connectivity index (χ2v) is 4.87. The Morgan fingerprint density at radius 2 is 2.10 bits per heavy atom. The van der Waals surface area contributed by atoms with Gasteiger partial charge in [0.2, 0.25) is 11.8 Å². The fourth-order valence-electron chi connectivity index (χ4n) is 1.86. The number of carbonyl (C=O) groups is 2. The fraction of sp³-hybridized carbons (Fsp3) is 0.643. The van der Waals surface area contributed by atoms with Crippen LogP contribution in [0.4, 0.5) is 5.82 Å². The number of aryl methyl sites for hydroxylation is 1. The number of carbonyl (C=O) groups excluding carboxylic acids is 2. The van der Waals surface area contributed by atoms with Crippen molar-refractivity contribution in [2.45, 2.75) is 46.5 Å². The highest BCUT2D eigenvalue weighted by Crippen LogP contribution is 2.07. The molecule has 0 saturated carbocycles. The summed E-state index contributed by atoms with van der Waals surface area (Å²) in [5.74, 6) is 0.655. The summed E-state index contributed by atoms with van der Waals surface area (Å²) < 4.78 is 4.86. The predicted octanol–water partition coefficient (Wildman–Crippen LogP) is 2.35. The molecule has 0 fully saturated rings. The number of nitrogens with zero attached hydrogens (tertiary/aromatic N) is 2. The largest absolute Gasteiger partial charge is 0.360 e. The first-order chi connectivity index (χ1) is 9.52. The third kappa shape index (κ3) is 5.86. The van der Waals surface area contributed by atoms with Crippen LogP contribution >= 0.6 is 0 Å². The van der Waals surface area contributed by atoms with Crippen LogP contribution in [0.5, 0.6) is 0 Å². The van der Waals surface area contributed by atoms with E-state index in [2.05, 4.69) is 17.4 Å². The third-order valence-electron chi connectivity index (χ3n) is 2.96. The summed E-state index contributed by atoms with van der Waals surface area (Å²) in [6, 6.07) is 1.64. The van der Waals surface area contributed by atoms with E-state index in [9.17, 15) is 9.59 Å². The average Bonchev–Trinajstić information content (AvgIpc) is 2.78. The number of hydrogen-bond acceptors (Lipinski definition) is 4. The van der Waals surface area contributed by atoms with Gasteiger partial charge >= 0.3 is 0 Å². The number of hydrogen-bond donors (Lipinski definition) is 1. The van der Waals surface area contributed by atoms with Crippen molar-refractivity contribution in [3.05, 3.63) is 11.8 Å². The smallest absolute Gasteiger partial charge is 0.245 e. The van der Waals surface area contributed by atoms with E-state index in [1.807, 2.05) is 0 Å². The van der Waals surface area contributed by atoms with Crippen LogP contribution in [-0.4, -0.2) is 35.0 Å². The Labute approximate surface area is 119 Å². The van der Waals surface area contributed by atoms with Gasteiger partial charge in [0.1, 0.15) is 5.76 Å². The van der Waals surface area contributed by atoms with E-state index in [0.717, 1.165) is 25.7 Å². The van der Waals surface area contributed by atoms with E-state index in [1.165, 1.54) is 6.92 Å². The van der Waals surface area contributed by atoms with Gasteiger partial charge in [-0.2, -0.15) is 0 Å². The van der Waals surface area contributed by atoms with Gasteiger partial charge in [0.15, 0.2) is 5.82 Å². The molecule has 6 nitrogen and oxygen atoms in total. The zero-order chi connectivity index (χ0) is 15.0. The van der Waals surface area contributed by atoms with Crippen LogP contribution in [0, 0.1) is 6.92 Å². The first kappa shape index (κ1) is 16.2. The zero-order valence-electron chi connectivity index (χ0n) is 12.4. The molecule has 0 spiro atoms. The molecule has 0 aliphatic heterocycles. The van der Waals surface area contributed by atoms with Crippen molar-refractivity contribution in [2.24, 2.45) is 0 Å². The van der Waals surface area contributed by atoms with Gasteiger partial charge in [-0.25, -0.2) is 0 Å². The third-order valence-corrected chi connectivity index (χ3v) is 2.96. The molecule has 6 heteroatoms. The van der Waals surface area contributed by atoms with Gasteiger partial charge in [0.05, 0.1) is 6.54 Å². The van der Waals surface area contributed by atoms with E-state index in [1.54, 1.807) is 17.9 Å². The number of anilines is 1. The van der Waals surface area contributed by atoms with Crippen LogP contribution in [0.3, 0.4) is 0 Å². The molecule has 0 aromatic carbocycles. The maximum Gasteiger partial charge on any atom is 0.245 e. The summed E-state index contributed by atoms with van der Waals surface area (Å²) in [6.45, 7) is 6.02. The molecule has 1 heterocycles. The number of aromatic nitrogens is 1. The highest BCUT2D eigenvalue weighted by molar-refractivity contribution is 5.93. The lowest BCUT2D eigenvalue weighted by atomic mass is 10.2. The van der Waals surface area contributed by atoms with E-state index in [4.69, 9.17) is 4.52 Å². The highest BCUT2D eigenvalue weighted by atomic mass is 16.5. The summed E-state index contributed by atoms with van der Waals surface area (Å²) in [7, 11) is 0. The van der Waals surface area contributed by atoms with E-state index in [-0.39, 0.29) is 18.4 Å². The lowest BCUT2D eigenvalue weighted by Crippen LogP contribution is -2.37. The quantitative estimate of drug-likeness (QED) is 0.742. The lowest BCUT2D eigenvalue weighted by molar-refractivity contribution is -0.132. The first-order valence-electron chi connectivity index (χ1n) is 7.01. The van der Waals surface area contributed by atoms with Crippen LogP contribution in [0.1, 0.15) is 45.3 Å². The molecule has 0 bridgehead atoms. The minimum atomic E-state index is -0.260. The maximum absolute atomic E-state index is 11.8. The van der Waals surface area contributed by atoms with Crippen LogP contribution in [-0.2, 0) is 9.59 Å².